The molecule has 0 unspecified atom stereocenters. The molecule has 0 aliphatic rings. The number of hydrogen-bond acceptors (Lipinski definition) is 2. The van der Waals surface area contributed by atoms with Crippen LogP contribution in [0.4, 0.5) is 0 Å². The van der Waals surface area contributed by atoms with Crippen molar-refractivity contribution in [2.24, 2.45) is 0 Å². The predicted octanol–water partition coefficient (Wildman–Crippen LogP) is -0.917. The molecule has 70 valence electrons. The molecule has 0 fully saturated rings. The van der Waals surface area contributed by atoms with Crippen LogP contribution in [0.5, 0.6) is 0 Å². The first-order valence-electron chi connectivity index (χ1n) is 3.41. The van der Waals surface area contributed by atoms with Gasteiger partial charge in [-0.2, -0.15) is 10.6 Å². The van der Waals surface area contributed by atoms with Gasteiger partial charge in [-0.05, 0) is 0 Å². The Hall–Kier alpha value is 1.29. The van der Waals surface area contributed by atoms with Gasteiger partial charge in [0.05, 0.1) is 0 Å². The summed E-state index contributed by atoms with van der Waals surface area (Å²) >= 11 is 3.47. The van der Waals surface area contributed by atoms with Gasteiger partial charge < -0.3 is 6.92 Å². The minimum Gasteiger partial charge on any atom is -0.343 e. The van der Waals surface area contributed by atoms with Crippen LogP contribution in [0.1, 0.15) is 32.6 Å². The van der Waals surface area contributed by atoms with Crippen molar-refractivity contribution in [2.75, 3.05) is 0 Å². The number of unbranched alkanes of at least 4 members (excludes halogenated alkanes) is 3. The third-order valence-electron chi connectivity index (χ3n) is 0.854. The Kier molecular flexibility index (Phi) is 19.4. The Morgan fingerprint density at radius 2 is 1.75 bits per heavy atom. The van der Waals surface area contributed by atoms with Gasteiger partial charge in [-0.15, -0.1) is 0 Å². The van der Waals surface area contributed by atoms with E-state index in [-0.39, 0.29) is 29.6 Å². The minimum absolute atomic E-state index is 0. The molecule has 0 amide bonds. The van der Waals surface area contributed by atoms with Gasteiger partial charge in [-0.1, -0.05) is 26.2 Å². The van der Waals surface area contributed by atoms with Gasteiger partial charge in [0.15, 0.2) is 0 Å². The molecule has 3 nitrogen and oxygen atoms in total. The van der Waals surface area contributed by atoms with E-state index in [2.05, 4.69) is 25.0 Å². The van der Waals surface area contributed by atoms with Crippen molar-refractivity contribution >= 4 is 20.2 Å². The Morgan fingerprint density at radius 3 is 1.83 bits per heavy atom. The average molecular weight is 222 g/mol. The Bertz CT molecular complexity index is 144. The molecule has 0 spiro atoms. The summed E-state index contributed by atoms with van der Waals surface area (Å²) in [4.78, 5) is 0. The van der Waals surface area contributed by atoms with E-state index < -0.39 is 9.05 Å². The van der Waals surface area contributed by atoms with E-state index >= 15 is 0 Å². The quantitative estimate of drug-likeness (QED) is 0.368. The molecule has 0 aromatic rings. The molecule has 0 aliphatic heterocycles. The standard InChI is InChI=1S/C6H13.Na.H2O3S2/c1-3-5-6-4-2;;1-5(2,3)4/h1,3-6H2,2H3;;(H2,1,2,3,4)/q-1;+1;. The summed E-state index contributed by atoms with van der Waals surface area (Å²) in [5, 5.41) is 0. The van der Waals surface area contributed by atoms with Gasteiger partial charge in [-0.25, -0.2) is 0 Å². The molecule has 0 aliphatic carbocycles. The van der Waals surface area contributed by atoms with Crippen LogP contribution in [0.25, 0.3) is 0 Å². The molecule has 12 heavy (non-hydrogen) atoms. The van der Waals surface area contributed by atoms with Crippen molar-refractivity contribution < 1.29 is 42.9 Å². The Morgan fingerprint density at radius 1 is 1.42 bits per heavy atom. The monoisotopic (exact) mass is 222 g/mol. The molecule has 2 N–H and O–H groups in total. The largest absolute Gasteiger partial charge is 1.00 e. The van der Waals surface area contributed by atoms with E-state index in [1.54, 1.807) is 0 Å². The van der Waals surface area contributed by atoms with Gasteiger partial charge >= 0.3 is 29.6 Å². The van der Waals surface area contributed by atoms with Crippen LogP contribution in [0.15, 0.2) is 0 Å². The summed E-state index contributed by atoms with van der Waals surface area (Å²) in [6.45, 7) is 5.93. The third-order valence-corrected chi connectivity index (χ3v) is 0.854. The first-order valence-corrected chi connectivity index (χ1v) is 5.80. The van der Waals surface area contributed by atoms with Gasteiger partial charge in [-0.3, -0.25) is 9.11 Å². The summed E-state index contributed by atoms with van der Waals surface area (Å²) in [6, 6.07) is 0. The fraction of sp³-hybridized carbons (Fsp3) is 0.833. The number of rotatable bonds is 3. The zero-order valence-electron chi connectivity index (χ0n) is 7.65. The van der Waals surface area contributed by atoms with Crippen molar-refractivity contribution in [3.8, 4) is 0 Å². The molecule has 0 radical (unpaired) electrons. The van der Waals surface area contributed by atoms with Crippen molar-refractivity contribution in [3.05, 3.63) is 6.92 Å². The van der Waals surface area contributed by atoms with Crippen LogP contribution in [-0.4, -0.2) is 13.3 Å². The normalized spacial score (nSPS) is 9.33. The van der Waals surface area contributed by atoms with Crippen LogP contribution in [-0.2, 0) is 20.2 Å². The van der Waals surface area contributed by atoms with Crippen LogP contribution < -0.4 is 29.6 Å². The summed E-state index contributed by atoms with van der Waals surface area (Å²) in [6.07, 6.45) is 5.07. The maximum atomic E-state index is 9.11. The molecule has 0 heterocycles. The summed E-state index contributed by atoms with van der Waals surface area (Å²) in [5.41, 5.74) is 0. The topological polar surface area (TPSA) is 57.5 Å². The predicted molar refractivity (Wildman–Crippen MR) is 50.3 cm³/mol. The zero-order chi connectivity index (χ0) is 9.33. The molecule has 6 heteroatoms. The number of hydrogen-bond donors (Lipinski definition) is 2. The van der Waals surface area contributed by atoms with E-state index in [0.717, 1.165) is 6.42 Å². The van der Waals surface area contributed by atoms with E-state index in [4.69, 9.17) is 13.3 Å². The van der Waals surface area contributed by atoms with Gasteiger partial charge in [0.2, 0.25) is 0 Å². The SMILES string of the molecule is O=S(O)(O)=S.[CH2-]CCCCC.[Na+]. The van der Waals surface area contributed by atoms with E-state index in [9.17, 15) is 0 Å². The summed E-state index contributed by atoms with van der Waals surface area (Å²) in [7, 11) is -3.83. The van der Waals surface area contributed by atoms with Crippen molar-refractivity contribution in [1.29, 1.82) is 0 Å². The second-order valence-corrected chi connectivity index (χ2v) is 4.21. The molecule has 0 aromatic carbocycles. The summed E-state index contributed by atoms with van der Waals surface area (Å²) in [5.74, 6) is 0. The van der Waals surface area contributed by atoms with Crippen LogP contribution in [0, 0.1) is 6.92 Å². The van der Waals surface area contributed by atoms with Gasteiger partial charge in [0, 0.05) is 11.2 Å². The Balaban J connectivity index is -0.000000126. The minimum atomic E-state index is -3.83. The smallest absolute Gasteiger partial charge is 0.343 e. The van der Waals surface area contributed by atoms with Crippen LogP contribution in [0.2, 0.25) is 0 Å². The zero-order valence-corrected chi connectivity index (χ0v) is 11.3. The molecule has 0 aromatic heterocycles. The first-order chi connectivity index (χ1) is 4.91. The van der Waals surface area contributed by atoms with Crippen LogP contribution >= 0.6 is 0 Å². The molecule has 0 saturated heterocycles. The molecule has 0 atom stereocenters. The van der Waals surface area contributed by atoms with Crippen molar-refractivity contribution in [1.82, 2.24) is 0 Å². The average Bonchev–Trinajstić information content (AvgIpc) is 1.79. The second kappa shape index (κ2) is 12.3. The van der Waals surface area contributed by atoms with E-state index in [0.29, 0.717) is 0 Å². The molecule has 0 bridgehead atoms. The molecule has 0 saturated carbocycles. The molecular formula is C6H15NaO3S2. The molecular weight excluding hydrogens is 207 g/mol. The second-order valence-electron chi connectivity index (χ2n) is 2.01. The summed E-state index contributed by atoms with van der Waals surface area (Å²) < 4.78 is 24.0. The fourth-order valence-corrected chi connectivity index (χ4v) is 0.427. The van der Waals surface area contributed by atoms with E-state index in [1.165, 1.54) is 19.3 Å². The van der Waals surface area contributed by atoms with Gasteiger partial charge in [0.25, 0.3) is 9.05 Å². The van der Waals surface area contributed by atoms with Crippen LogP contribution in [0.3, 0.4) is 0 Å². The maximum Gasteiger partial charge on any atom is 1.00 e. The maximum absolute atomic E-state index is 9.11. The third kappa shape index (κ3) is 65.0. The Labute approximate surface area is 102 Å². The first kappa shape index (κ1) is 19.0. The van der Waals surface area contributed by atoms with Crippen molar-refractivity contribution in [3.63, 3.8) is 0 Å². The van der Waals surface area contributed by atoms with Crippen molar-refractivity contribution in [2.45, 2.75) is 32.6 Å². The van der Waals surface area contributed by atoms with Gasteiger partial charge in [0.1, 0.15) is 0 Å². The fourth-order valence-electron chi connectivity index (χ4n) is 0.427. The molecule has 0 rings (SSSR count). The van der Waals surface area contributed by atoms with E-state index in [1.807, 2.05) is 0 Å².